The van der Waals surface area contributed by atoms with Gasteiger partial charge in [-0.3, -0.25) is 0 Å². The molecule has 0 aromatic heterocycles. The Labute approximate surface area is 82.1 Å². The second-order valence-electron chi connectivity index (χ2n) is 3.14. The van der Waals surface area contributed by atoms with Crippen molar-refractivity contribution in [1.29, 1.82) is 0 Å². The fourth-order valence-corrected chi connectivity index (χ4v) is 3.72. The molecule has 0 heterocycles. The summed E-state index contributed by atoms with van der Waals surface area (Å²) in [4.78, 5) is 0. The van der Waals surface area contributed by atoms with E-state index in [0.29, 0.717) is 13.2 Å². The van der Waals surface area contributed by atoms with Crippen LogP contribution in [0, 0.1) is 0 Å². The van der Waals surface area contributed by atoms with Crippen LogP contribution in [0.25, 0.3) is 0 Å². The Balaban J connectivity index is 3.47. The van der Waals surface area contributed by atoms with Crippen molar-refractivity contribution in [1.82, 2.24) is 0 Å². The highest BCUT2D eigenvalue weighted by Gasteiger charge is 2.05. The van der Waals surface area contributed by atoms with E-state index in [1.165, 1.54) is 6.16 Å². The van der Waals surface area contributed by atoms with Crippen LogP contribution in [0.3, 0.4) is 0 Å². The van der Waals surface area contributed by atoms with Gasteiger partial charge in [-0.25, -0.2) is 0 Å². The minimum atomic E-state index is 0.0217. The quantitative estimate of drug-likeness (QED) is 0.484. The SMILES string of the molecule is NCCCP(CCCO)CCCO. The molecule has 80 valence electrons. The number of nitrogens with two attached hydrogens (primary N) is 1. The van der Waals surface area contributed by atoms with E-state index in [1.54, 1.807) is 0 Å². The Morgan fingerprint density at radius 2 is 1.31 bits per heavy atom. The van der Waals surface area contributed by atoms with E-state index >= 15 is 0 Å². The third-order valence-electron chi connectivity index (χ3n) is 1.94. The topological polar surface area (TPSA) is 66.5 Å². The molecular formula is C9H22NO2P. The van der Waals surface area contributed by atoms with Crippen molar-refractivity contribution >= 4 is 7.92 Å². The molecule has 4 N–H and O–H groups in total. The van der Waals surface area contributed by atoms with Crippen LogP contribution < -0.4 is 5.73 Å². The number of aliphatic hydroxyl groups is 2. The Morgan fingerprint density at radius 3 is 1.69 bits per heavy atom. The maximum absolute atomic E-state index is 8.70. The summed E-state index contributed by atoms with van der Waals surface area (Å²) in [5.41, 5.74) is 5.45. The highest BCUT2D eigenvalue weighted by atomic mass is 31.1. The number of rotatable bonds is 9. The zero-order valence-electron chi connectivity index (χ0n) is 8.28. The van der Waals surface area contributed by atoms with Crippen molar-refractivity contribution in [3.63, 3.8) is 0 Å². The number of hydrogen-bond donors (Lipinski definition) is 3. The summed E-state index contributed by atoms with van der Waals surface area (Å²) in [5.74, 6) is 0. The fourth-order valence-electron chi connectivity index (χ4n) is 1.24. The highest BCUT2D eigenvalue weighted by Crippen LogP contribution is 2.37. The van der Waals surface area contributed by atoms with Gasteiger partial charge in [-0.15, -0.1) is 7.92 Å². The smallest absolute Gasteiger partial charge is 0.0434 e. The average molecular weight is 207 g/mol. The lowest BCUT2D eigenvalue weighted by atomic mass is 10.5. The fraction of sp³-hybridized carbons (Fsp3) is 1.00. The predicted octanol–water partition coefficient (Wildman–Crippen LogP) is 0.582. The van der Waals surface area contributed by atoms with Crippen molar-refractivity contribution in [2.75, 3.05) is 38.2 Å². The molecule has 0 fully saturated rings. The summed E-state index contributed by atoms with van der Waals surface area (Å²) in [5, 5.41) is 17.4. The molecule has 4 heteroatoms. The Morgan fingerprint density at radius 1 is 0.846 bits per heavy atom. The van der Waals surface area contributed by atoms with Crippen LogP contribution >= 0.6 is 7.92 Å². The summed E-state index contributed by atoms with van der Waals surface area (Å²) >= 11 is 0. The maximum atomic E-state index is 8.70. The second kappa shape index (κ2) is 10.4. The Kier molecular flexibility index (Phi) is 10.6. The van der Waals surface area contributed by atoms with Crippen LogP contribution in [0.15, 0.2) is 0 Å². The Hall–Kier alpha value is 0.310. The minimum Gasteiger partial charge on any atom is -0.396 e. The molecule has 0 aliphatic rings. The molecule has 0 aromatic rings. The first kappa shape index (κ1) is 13.3. The van der Waals surface area contributed by atoms with Crippen LogP contribution in [0.4, 0.5) is 0 Å². The van der Waals surface area contributed by atoms with Crippen LogP contribution in [-0.4, -0.2) is 48.5 Å². The van der Waals surface area contributed by atoms with E-state index in [4.69, 9.17) is 15.9 Å². The van der Waals surface area contributed by atoms with Crippen molar-refractivity contribution in [2.24, 2.45) is 5.73 Å². The van der Waals surface area contributed by atoms with Gasteiger partial charge < -0.3 is 15.9 Å². The monoisotopic (exact) mass is 207 g/mol. The van der Waals surface area contributed by atoms with E-state index in [1.807, 2.05) is 0 Å². The van der Waals surface area contributed by atoms with Gasteiger partial charge in [0.2, 0.25) is 0 Å². The lowest BCUT2D eigenvalue weighted by Crippen LogP contribution is -2.04. The first-order valence-corrected chi connectivity index (χ1v) is 6.89. The van der Waals surface area contributed by atoms with E-state index in [9.17, 15) is 0 Å². The summed E-state index contributed by atoms with van der Waals surface area (Å²) in [6, 6.07) is 0. The minimum absolute atomic E-state index is 0.0217. The van der Waals surface area contributed by atoms with Gasteiger partial charge in [-0.1, -0.05) is 0 Å². The van der Waals surface area contributed by atoms with Crippen LogP contribution in [-0.2, 0) is 0 Å². The molecule has 0 aliphatic carbocycles. The van der Waals surface area contributed by atoms with Gasteiger partial charge in [-0.2, -0.15) is 0 Å². The van der Waals surface area contributed by atoms with Gasteiger partial charge in [0, 0.05) is 13.2 Å². The lowest BCUT2D eigenvalue weighted by molar-refractivity contribution is 0.294. The highest BCUT2D eigenvalue weighted by molar-refractivity contribution is 7.57. The van der Waals surface area contributed by atoms with Crippen molar-refractivity contribution in [3.05, 3.63) is 0 Å². The molecule has 0 aromatic carbocycles. The molecule has 0 aliphatic heterocycles. The van der Waals surface area contributed by atoms with Crippen LogP contribution in [0.2, 0.25) is 0 Å². The first-order chi connectivity index (χ1) is 6.35. The van der Waals surface area contributed by atoms with Gasteiger partial charge in [0.15, 0.2) is 0 Å². The standard InChI is InChI=1S/C9H22NO2P/c10-4-1-7-13(8-2-5-11)9-3-6-12/h11-12H,1-10H2. The summed E-state index contributed by atoms with van der Waals surface area (Å²) < 4.78 is 0. The van der Waals surface area contributed by atoms with Crippen LogP contribution in [0.5, 0.6) is 0 Å². The normalized spacial score (nSPS) is 11.1. The summed E-state index contributed by atoms with van der Waals surface area (Å²) in [7, 11) is 0.0217. The van der Waals surface area contributed by atoms with Gasteiger partial charge in [0.05, 0.1) is 0 Å². The molecule has 0 saturated carbocycles. The molecular weight excluding hydrogens is 185 g/mol. The molecule has 0 saturated heterocycles. The molecule has 13 heavy (non-hydrogen) atoms. The molecule has 0 rings (SSSR count). The van der Waals surface area contributed by atoms with Crippen molar-refractivity contribution < 1.29 is 10.2 Å². The lowest BCUT2D eigenvalue weighted by Gasteiger charge is -2.16. The van der Waals surface area contributed by atoms with Gasteiger partial charge in [-0.05, 0) is 44.3 Å². The molecule has 0 spiro atoms. The molecule has 0 amide bonds. The van der Waals surface area contributed by atoms with Gasteiger partial charge in [0.1, 0.15) is 0 Å². The average Bonchev–Trinajstić information content (AvgIpc) is 2.17. The molecule has 0 unspecified atom stereocenters. The largest absolute Gasteiger partial charge is 0.396 e. The number of hydrogen-bond acceptors (Lipinski definition) is 3. The van der Waals surface area contributed by atoms with Gasteiger partial charge >= 0.3 is 0 Å². The van der Waals surface area contributed by atoms with E-state index in [-0.39, 0.29) is 7.92 Å². The Bertz CT molecular complexity index is 84.6. The molecule has 3 nitrogen and oxygen atoms in total. The third-order valence-corrected chi connectivity index (χ3v) is 4.79. The van der Waals surface area contributed by atoms with Gasteiger partial charge in [0.25, 0.3) is 0 Å². The van der Waals surface area contributed by atoms with Crippen molar-refractivity contribution in [2.45, 2.75) is 19.3 Å². The maximum Gasteiger partial charge on any atom is 0.0434 e. The summed E-state index contributed by atoms with van der Waals surface area (Å²) in [6.07, 6.45) is 6.36. The first-order valence-electron chi connectivity index (χ1n) is 4.99. The van der Waals surface area contributed by atoms with E-state index in [2.05, 4.69) is 0 Å². The van der Waals surface area contributed by atoms with Crippen molar-refractivity contribution in [3.8, 4) is 0 Å². The molecule has 0 radical (unpaired) electrons. The van der Waals surface area contributed by atoms with Crippen LogP contribution in [0.1, 0.15) is 19.3 Å². The summed E-state index contributed by atoms with van der Waals surface area (Å²) in [6.45, 7) is 1.35. The second-order valence-corrected chi connectivity index (χ2v) is 5.82. The molecule has 0 atom stereocenters. The van der Waals surface area contributed by atoms with E-state index < -0.39 is 0 Å². The zero-order valence-corrected chi connectivity index (χ0v) is 9.18. The van der Waals surface area contributed by atoms with E-state index in [0.717, 1.165) is 38.1 Å². The number of aliphatic hydroxyl groups excluding tert-OH is 2. The zero-order chi connectivity index (χ0) is 9.94. The third kappa shape index (κ3) is 8.63. The predicted molar refractivity (Wildman–Crippen MR) is 58.6 cm³/mol. The molecule has 0 bridgehead atoms.